The molecule has 1 saturated carbocycles. The second-order valence-corrected chi connectivity index (χ2v) is 8.11. The molecule has 3 aliphatic rings. The van der Waals surface area contributed by atoms with E-state index in [-0.39, 0.29) is 17.7 Å². The number of amides is 2. The molecule has 2 heterocycles. The number of allylic oxidation sites excluding steroid dienone is 2. The number of carbonyl (C=O) groups is 2. The van der Waals surface area contributed by atoms with Crippen molar-refractivity contribution in [1.82, 2.24) is 4.90 Å². The van der Waals surface area contributed by atoms with Crippen molar-refractivity contribution >= 4 is 28.2 Å². The van der Waals surface area contributed by atoms with Crippen LogP contribution in [0, 0.1) is 24.7 Å². The Kier molecular flexibility index (Phi) is 3.76. The number of nitrogens with zero attached hydrogens (tertiary/aromatic N) is 1. The van der Waals surface area contributed by atoms with Gasteiger partial charge in [-0.05, 0) is 56.1 Å². The van der Waals surface area contributed by atoms with Gasteiger partial charge in [0, 0.05) is 19.0 Å². The van der Waals surface area contributed by atoms with Crippen LogP contribution in [0.25, 0.3) is 0 Å². The Morgan fingerprint density at radius 1 is 1.17 bits per heavy atom. The molecule has 0 radical (unpaired) electrons. The van der Waals surface area contributed by atoms with Crippen LogP contribution in [-0.4, -0.2) is 29.8 Å². The van der Waals surface area contributed by atoms with Gasteiger partial charge >= 0.3 is 0 Å². The number of thiophene rings is 1. The van der Waals surface area contributed by atoms with Gasteiger partial charge in [-0.15, -0.1) is 11.3 Å². The number of carbonyl (C=O) groups excluding carboxylic acids is 2. The Bertz CT molecular complexity index is 659. The van der Waals surface area contributed by atoms with Crippen molar-refractivity contribution in [3.63, 3.8) is 0 Å². The molecule has 122 valence electrons. The van der Waals surface area contributed by atoms with Gasteiger partial charge in [0.15, 0.2) is 0 Å². The van der Waals surface area contributed by atoms with Crippen LogP contribution in [-0.2, 0) is 4.79 Å². The van der Waals surface area contributed by atoms with Gasteiger partial charge in [-0.2, -0.15) is 0 Å². The summed E-state index contributed by atoms with van der Waals surface area (Å²) in [6, 6.07) is 1.93. The predicted octanol–water partition coefficient (Wildman–Crippen LogP) is 3.44. The van der Waals surface area contributed by atoms with Crippen molar-refractivity contribution in [3.8, 4) is 0 Å². The summed E-state index contributed by atoms with van der Waals surface area (Å²) in [4.78, 5) is 27.5. The van der Waals surface area contributed by atoms with Crippen molar-refractivity contribution < 1.29 is 9.59 Å². The number of rotatable bonds is 3. The highest BCUT2D eigenvalue weighted by molar-refractivity contribution is 7.18. The molecule has 1 N–H and O–H groups in total. The number of anilines is 1. The second-order valence-electron chi connectivity index (χ2n) is 7.06. The molecular weight excluding hydrogens is 308 g/mol. The van der Waals surface area contributed by atoms with E-state index in [1.807, 2.05) is 17.9 Å². The summed E-state index contributed by atoms with van der Waals surface area (Å²) in [5.74, 6) is 1.67. The van der Waals surface area contributed by atoms with E-state index in [0.29, 0.717) is 11.8 Å². The van der Waals surface area contributed by atoms with Crippen LogP contribution < -0.4 is 5.32 Å². The molecule has 2 amide bonds. The van der Waals surface area contributed by atoms with Gasteiger partial charge < -0.3 is 10.2 Å². The summed E-state index contributed by atoms with van der Waals surface area (Å²) in [7, 11) is 0. The molecule has 4 rings (SSSR count). The van der Waals surface area contributed by atoms with Crippen LogP contribution in [0.5, 0.6) is 0 Å². The fraction of sp³-hybridized carbons (Fsp3) is 0.556. The van der Waals surface area contributed by atoms with E-state index in [4.69, 9.17) is 0 Å². The van der Waals surface area contributed by atoms with Crippen molar-refractivity contribution in [3.05, 3.63) is 28.7 Å². The number of hydrogen-bond acceptors (Lipinski definition) is 3. The Labute approximate surface area is 140 Å². The first kappa shape index (κ1) is 14.9. The van der Waals surface area contributed by atoms with Crippen LogP contribution in [0.4, 0.5) is 5.00 Å². The lowest BCUT2D eigenvalue weighted by molar-refractivity contribution is -0.117. The highest BCUT2D eigenvalue weighted by atomic mass is 32.1. The second kappa shape index (κ2) is 5.78. The Morgan fingerprint density at radius 3 is 2.43 bits per heavy atom. The zero-order valence-electron chi connectivity index (χ0n) is 13.4. The number of likely N-dealkylation sites (tertiary alicyclic amines) is 1. The van der Waals surface area contributed by atoms with E-state index in [0.717, 1.165) is 54.2 Å². The quantitative estimate of drug-likeness (QED) is 0.863. The molecule has 1 aromatic rings. The summed E-state index contributed by atoms with van der Waals surface area (Å²) < 4.78 is 0. The minimum atomic E-state index is 0.100. The molecule has 4 nitrogen and oxygen atoms in total. The summed E-state index contributed by atoms with van der Waals surface area (Å²) in [6.07, 6.45) is 8.67. The van der Waals surface area contributed by atoms with Crippen LogP contribution in [0.1, 0.15) is 40.9 Å². The topological polar surface area (TPSA) is 49.4 Å². The van der Waals surface area contributed by atoms with E-state index in [1.165, 1.54) is 11.3 Å². The molecule has 2 fully saturated rings. The van der Waals surface area contributed by atoms with E-state index in [1.54, 1.807) is 0 Å². The smallest absolute Gasteiger partial charge is 0.264 e. The highest BCUT2D eigenvalue weighted by Gasteiger charge is 2.36. The Balaban J connectivity index is 1.46. The molecule has 0 bridgehead atoms. The fourth-order valence-corrected chi connectivity index (χ4v) is 4.69. The number of hydrogen-bond donors (Lipinski definition) is 1. The van der Waals surface area contributed by atoms with Crippen molar-refractivity contribution in [1.29, 1.82) is 0 Å². The average Bonchev–Trinajstić information content (AvgIpc) is 3.20. The first-order valence-electron chi connectivity index (χ1n) is 8.47. The van der Waals surface area contributed by atoms with E-state index in [9.17, 15) is 9.59 Å². The van der Waals surface area contributed by atoms with Gasteiger partial charge in [-0.1, -0.05) is 12.2 Å². The van der Waals surface area contributed by atoms with Crippen LogP contribution in [0.15, 0.2) is 18.2 Å². The van der Waals surface area contributed by atoms with Crippen LogP contribution in [0.3, 0.4) is 0 Å². The average molecular weight is 330 g/mol. The van der Waals surface area contributed by atoms with Gasteiger partial charge in [-0.3, -0.25) is 9.59 Å². The maximum atomic E-state index is 12.9. The van der Waals surface area contributed by atoms with Gasteiger partial charge in [0.25, 0.3) is 5.91 Å². The van der Waals surface area contributed by atoms with Gasteiger partial charge in [0.2, 0.25) is 5.91 Å². The first-order chi connectivity index (χ1) is 11.1. The molecule has 2 atom stereocenters. The summed E-state index contributed by atoms with van der Waals surface area (Å²) in [5.41, 5.74) is 0.971. The molecule has 0 spiro atoms. The van der Waals surface area contributed by atoms with Crippen molar-refractivity contribution in [2.45, 2.75) is 32.6 Å². The first-order valence-corrected chi connectivity index (χ1v) is 9.29. The maximum Gasteiger partial charge on any atom is 0.264 e. The van der Waals surface area contributed by atoms with E-state index < -0.39 is 0 Å². The number of nitrogens with one attached hydrogen (secondary N) is 1. The van der Waals surface area contributed by atoms with Gasteiger partial charge in [0.05, 0.1) is 9.88 Å². The minimum Gasteiger partial charge on any atom is -0.337 e. The number of fused-ring (bicyclic) bond motifs is 1. The third kappa shape index (κ3) is 2.94. The van der Waals surface area contributed by atoms with Gasteiger partial charge in [0.1, 0.15) is 0 Å². The molecule has 23 heavy (non-hydrogen) atoms. The zero-order chi connectivity index (χ0) is 16.0. The van der Waals surface area contributed by atoms with E-state index >= 15 is 0 Å². The molecule has 1 saturated heterocycles. The lowest BCUT2D eigenvalue weighted by Gasteiger charge is -2.17. The van der Waals surface area contributed by atoms with Crippen molar-refractivity contribution in [2.75, 3.05) is 18.4 Å². The Morgan fingerprint density at radius 2 is 1.83 bits per heavy atom. The largest absolute Gasteiger partial charge is 0.337 e. The fourth-order valence-electron chi connectivity index (χ4n) is 3.65. The zero-order valence-corrected chi connectivity index (χ0v) is 14.2. The maximum absolute atomic E-state index is 12.9. The highest BCUT2D eigenvalue weighted by Crippen LogP contribution is 2.36. The van der Waals surface area contributed by atoms with Crippen LogP contribution >= 0.6 is 11.3 Å². The minimum absolute atomic E-state index is 0.100. The SMILES string of the molecule is Cc1cc(NC(=O)C2CC2)sc1C(=O)N1C[C@@H]2CC=CC[C@H]2C1. The van der Waals surface area contributed by atoms with Crippen molar-refractivity contribution in [2.24, 2.45) is 17.8 Å². The van der Waals surface area contributed by atoms with E-state index in [2.05, 4.69) is 17.5 Å². The standard InChI is InChI=1S/C18H22N2O2S/c1-11-8-15(19-17(21)12-6-7-12)23-16(11)18(22)20-9-13-4-2-3-5-14(13)10-20/h2-3,8,12-14H,4-7,9-10H2,1H3,(H,19,21)/t13-,14-/m0/s1. The normalized spacial score (nSPS) is 26.2. The molecule has 2 aliphatic carbocycles. The monoisotopic (exact) mass is 330 g/mol. The predicted molar refractivity (Wildman–Crippen MR) is 91.7 cm³/mol. The lowest BCUT2D eigenvalue weighted by Crippen LogP contribution is -2.28. The third-order valence-corrected chi connectivity index (χ3v) is 6.36. The molecule has 0 unspecified atom stereocenters. The summed E-state index contributed by atoms with van der Waals surface area (Å²) in [5, 5.41) is 3.77. The molecule has 1 aromatic heterocycles. The molecule has 0 aromatic carbocycles. The molecule has 1 aliphatic heterocycles. The Hall–Kier alpha value is -1.62. The summed E-state index contributed by atoms with van der Waals surface area (Å²) >= 11 is 1.42. The third-order valence-electron chi connectivity index (χ3n) is 5.21. The summed E-state index contributed by atoms with van der Waals surface area (Å²) in [6.45, 7) is 3.70. The molecule has 5 heteroatoms. The lowest BCUT2D eigenvalue weighted by atomic mass is 9.86. The van der Waals surface area contributed by atoms with Crippen LogP contribution in [0.2, 0.25) is 0 Å². The number of aryl methyl sites for hydroxylation is 1. The molecular formula is C18H22N2O2S. The van der Waals surface area contributed by atoms with Gasteiger partial charge in [-0.25, -0.2) is 0 Å².